The van der Waals surface area contributed by atoms with E-state index >= 15 is 0 Å². The maximum atomic E-state index is 4.35. The van der Waals surface area contributed by atoms with Crippen molar-refractivity contribution >= 4 is 0 Å². The summed E-state index contributed by atoms with van der Waals surface area (Å²) < 4.78 is 0. The van der Waals surface area contributed by atoms with Gasteiger partial charge >= 0.3 is 0 Å². The summed E-state index contributed by atoms with van der Waals surface area (Å²) in [6.07, 6.45) is 5.73. The summed E-state index contributed by atoms with van der Waals surface area (Å²) in [5, 5.41) is 0. The lowest BCUT2D eigenvalue weighted by Gasteiger charge is -2.71. The minimum atomic E-state index is 0.672. The Kier molecular flexibility index (Phi) is 1.92. The molecule has 0 aromatic rings. The van der Waals surface area contributed by atoms with Crippen LogP contribution in [-0.2, 0) is 0 Å². The molecule has 0 saturated heterocycles. The number of fused-ring (bicyclic) bond motifs is 2. The first-order valence-electron chi connectivity index (χ1n) is 6.73. The summed E-state index contributed by atoms with van der Waals surface area (Å²) in [7, 11) is 0. The van der Waals surface area contributed by atoms with Gasteiger partial charge in [0.2, 0.25) is 0 Å². The highest BCUT2D eigenvalue weighted by Crippen LogP contribution is 2.72. The molecule has 1 unspecified atom stereocenters. The van der Waals surface area contributed by atoms with Crippen LogP contribution in [0.1, 0.15) is 46.5 Å². The van der Waals surface area contributed by atoms with Gasteiger partial charge in [-0.05, 0) is 60.7 Å². The van der Waals surface area contributed by atoms with Crippen LogP contribution < -0.4 is 0 Å². The van der Waals surface area contributed by atoms with Gasteiger partial charge in [0.05, 0.1) is 0 Å². The molecular weight excluding hydrogens is 180 g/mol. The molecule has 0 heterocycles. The smallest absolute Gasteiger partial charge is 0.0115 e. The van der Waals surface area contributed by atoms with E-state index in [2.05, 4.69) is 27.4 Å². The Morgan fingerprint density at radius 3 is 2.67 bits per heavy atom. The SMILES string of the molecule is C=C1CC[C@@H]2[C@H]3[C@@H](C(C)C)CCC2(C)[C@H]13. The quantitative estimate of drug-likeness (QED) is 0.559. The van der Waals surface area contributed by atoms with Crippen molar-refractivity contribution < 1.29 is 0 Å². The van der Waals surface area contributed by atoms with Crippen LogP contribution in [0.15, 0.2) is 12.2 Å². The van der Waals surface area contributed by atoms with E-state index in [0.29, 0.717) is 5.41 Å². The van der Waals surface area contributed by atoms with E-state index in [9.17, 15) is 0 Å². The fourth-order valence-corrected chi connectivity index (χ4v) is 5.32. The standard InChI is InChI=1S/C15H24/c1-9(2)11-7-8-15(4)12-6-5-10(3)14(15)13(11)12/h9,11-14H,3,5-8H2,1-2,4H3/t11-,12-,13-,14-,15?/m1/s1. The van der Waals surface area contributed by atoms with Gasteiger partial charge < -0.3 is 0 Å². The summed E-state index contributed by atoms with van der Waals surface area (Å²) in [5.74, 6) is 4.85. The van der Waals surface area contributed by atoms with Gasteiger partial charge in [0.15, 0.2) is 0 Å². The van der Waals surface area contributed by atoms with Gasteiger partial charge in [0, 0.05) is 0 Å². The Morgan fingerprint density at radius 2 is 2.07 bits per heavy atom. The van der Waals surface area contributed by atoms with Crippen LogP contribution in [0.3, 0.4) is 0 Å². The summed E-state index contributed by atoms with van der Waals surface area (Å²) in [6.45, 7) is 11.7. The molecule has 0 aromatic carbocycles. The second-order valence-electron chi connectivity index (χ2n) is 6.81. The largest absolute Gasteiger partial charge is 0.0995 e. The molecule has 4 saturated carbocycles. The number of hydrogen-bond acceptors (Lipinski definition) is 0. The van der Waals surface area contributed by atoms with Crippen molar-refractivity contribution in [3.63, 3.8) is 0 Å². The zero-order chi connectivity index (χ0) is 10.8. The molecule has 4 aliphatic rings. The fraction of sp³-hybridized carbons (Fsp3) is 0.867. The van der Waals surface area contributed by atoms with Crippen molar-refractivity contribution in [2.75, 3.05) is 0 Å². The third-order valence-corrected chi connectivity index (χ3v) is 5.99. The highest BCUT2D eigenvalue weighted by molar-refractivity contribution is 5.26. The van der Waals surface area contributed by atoms with Crippen LogP contribution in [0.5, 0.6) is 0 Å². The molecule has 5 atom stereocenters. The van der Waals surface area contributed by atoms with E-state index in [4.69, 9.17) is 0 Å². The van der Waals surface area contributed by atoms with Gasteiger partial charge in [-0.2, -0.15) is 0 Å². The molecule has 4 rings (SSSR count). The van der Waals surface area contributed by atoms with E-state index in [0.717, 1.165) is 29.6 Å². The molecule has 84 valence electrons. The Hall–Kier alpha value is -0.260. The van der Waals surface area contributed by atoms with Crippen LogP contribution >= 0.6 is 0 Å². The molecule has 0 nitrogen and oxygen atoms in total. The zero-order valence-corrected chi connectivity index (χ0v) is 10.4. The summed E-state index contributed by atoms with van der Waals surface area (Å²) in [4.78, 5) is 0. The van der Waals surface area contributed by atoms with E-state index in [-0.39, 0.29) is 0 Å². The average Bonchev–Trinajstić information content (AvgIpc) is 2.17. The normalized spacial score (nSPS) is 52.9. The number of allylic oxidation sites excluding steroid dienone is 1. The highest BCUT2D eigenvalue weighted by atomic mass is 14.7. The van der Waals surface area contributed by atoms with E-state index in [1.54, 1.807) is 5.57 Å². The molecule has 0 N–H and O–H groups in total. The van der Waals surface area contributed by atoms with Gasteiger partial charge in [0.1, 0.15) is 0 Å². The van der Waals surface area contributed by atoms with Crippen molar-refractivity contribution in [1.29, 1.82) is 0 Å². The topological polar surface area (TPSA) is 0 Å². The second kappa shape index (κ2) is 2.90. The Morgan fingerprint density at radius 1 is 1.33 bits per heavy atom. The molecule has 15 heavy (non-hydrogen) atoms. The molecule has 0 aliphatic heterocycles. The van der Waals surface area contributed by atoms with E-state index in [1.807, 2.05) is 0 Å². The molecule has 0 heteroatoms. The zero-order valence-electron chi connectivity index (χ0n) is 10.4. The van der Waals surface area contributed by atoms with Crippen molar-refractivity contribution in [3.8, 4) is 0 Å². The van der Waals surface area contributed by atoms with Crippen molar-refractivity contribution in [2.45, 2.75) is 46.5 Å². The Balaban J connectivity index is 1.93. The predicted octanol–water partition coefficient (Wildman–Crippen LogP) is 4.27. The number of hydrogen-bond donors (Lipinski definition) is 0. The average molecular weight is 204 g/mol. The van der Waals surface area contributed by atoms with Crippen molar-refractivity contribution in [1.82, 2.24) is 0 Å². The molecule has 0 radical (unpaired) electrons. The third-order valence-electron chi connectivity index (χ3n) is 5.99. The second-order valence-corrected chi connectivity index (χ2v) is 6.81. The molecule has 0 spiro atoms. The molecular formula is C15H24. The fourth-order valence-electron chi connectivity index (χ4n) is 5.32. The van der Waals surface area contributed by atoms with Gasteiger partial charge in [-0.25, -0.2) is 0 Å². The van der Waals surface area contributed by atoms with Gasteiger partial charge in [-0.1, -0.05) is 32.9 Å². The van der Waals surface area contributed by atoms with Crippen molar-refractivity contribution in [2.24, 2.45) is 35.0 Å². The molecule has 4 bridgehead atoms. The predicted molar refractivity (Wildman–Crippen MR) is 64.5 cm³/mol. The lowest BCUT2D eigenvalue weighted by Crippen LogP contribution is -2.64. The molecule has 0 aromatic heterocycles. The third kappa shape index (κ3) is 1.04. The van der Waals surface area contributed by atoms with Gasteiger partial charge in [-0.3, -0.25) is 0 Å². The summed E-state index contributed by atoms with van der Waals surface area (Å²) in [6, 6.07) is 0. The molecule has 4 fully saturated rings. The maximum Gasteiger partial charge on any atom is -0.0115 e. The maximum absolute atomic E-state index is 4.35. The first-order chi connectivity index (χ1) is 7.05. The van der Waals surface area contributed by atoms with Gasteiger partial charge in [-0.15, -0.1) is 0 Å². The first kappa shape index (κ1) is 9.93. The first-order valence-corrected chi connectivity index (χ1v) is 6.73. The summed E-state index contributed by atoms with van der Waals surface area (Å²) >= 11 is 0. The highest BCUT2D eigenvalue weighted by Gasteiger charge is 2.65. The number of rotatable bonds is 1. The van der Waals surface area contributed by atoms with Crippen LogP contribution in [0.4, 0.5) is 0 Å². The van der Waals surface area contributed by atoms with E-state index in [1.165, 1.54) is 25.7 Å². The monoisotopic (exact) mass is 204 g/mol. The molecule has 0 amide bonds. The lowest BCUT2D eigenvalue weighted by atomic mass is 9.33. The van der Waals surface area contributed by atoms with Crippen LogP contribution in [0.25, 0.3) is 0 Å². The minimum absolute atomic E-state index is 0.672. The Bertz CT molecular complexity index is 299. The van der Waals surface area contributed by atoms with Crippen LogP contribution in [0, 0.1) is 35.0 Å². The van der Waals surface area contributed by atoms with Crippen LogP contribution in [0.2, 0.25) is 0 Å². The minimum Gasteiger partial charge on any atom is -0.0995 e. The van der Waals surface area contributed by atoms with Gasteiger partial charge in [0.25, 0.3) is 0 Å². The van der Waals surface area contributed by atoms with Crippen molar-refractivity contribution in [3.05, 3.63) is 12.2 Å². The van der Waals surface area contributed by atoms with E-state index < -0.39 is 0 Å². The Labute approximate surface area is 94.1 Å². The summed E-state index contributed by atoms with van der Waals surface area (Å²) in [5.41, 5.74) is 2.26. The van der Waals surface area contributed by atoms with Crippen LogP contribution in [-0.4, -0.2) is 0 Å². The molecule has 4 aliphatic carbocycles. The lowest BCUT2D eigenvalue weighted by molar-refractivity contribution is -0.194.